The molecule has 0 aliphatic heterocycles. The van der Waals surface area contributed by atoms with Gasteiger partial charge in [-0.25, -0.2) is 4.98 Å². The molecule has 0 saturated carbocycles. The second-order valence-corrected chi connectivity index (χ2v) is 6.98. The van der Waals surface area contributed by atoms with Crippen molar-refractivity contribution in [2.75, 3.05) is 5.32 Å². The Hall–Kier alpha value is -3.33. The van der Waals surface area contributed by atoms with Gasteiger partial charge in [-0.15, -0.1) is 0 Å². The molecule has 2 heterocycles. The molecule has 0 atom stereocenters. The molecule has 4 rings (SSSR count). The van der Waals surface area contributed by atoms with Crippen molar-refractivity contribution in [3.8, 4) is 5.69 Å². The summed E-state index contributed by atoms with van der Waals surface area (Å²) in [4.78, 5) is 30.6. The molecule has 0 unspecified atom stereocenters. The Balaban J connectivity index is 1.41. The lowest BCUT2D eigenvalue weighted by Crippen LogP contribution is -2.23. The number of nitrogens with one attached hydrogen (secondary N) is 1. The van der Waals surface area contributed by atoms with Crippen LogP contribution in [0.1, 0.15) is 6.42 Å². The van der Waals surface area contributed by atoms with Gasteiger partial charge in [0.25, 0.3) is 5.56 Å². The van der Waals surface area contributed by atoms with Crippen molar-refractivity contribution >= 4 is 38.4 Å². The summed E-state index contributed by atoms with van der Waals surface area (Å²) in [5.41, 5.74) is 1.91. The Morgan fingerprint density at radius 2 is 1.82 bits per heavy atom. The summed E-state index contributed by atoms with van der Waals surface area (Å²) in [6.45, 7) is 0.245. The molecule has 8 nitrogen and oxygen atoms in total. The summed E-state index contributed by atoms with van der Waals surface area (Å²) in [5, 5.41) is 11.4. The fourth-order valence-electron chi connectivity index (χ4n) is 2.76. The number of carbonyl (C=O) groups is 1. The largest absolute Gasteiger partial charge is 0.326 e. The number of halogens is 1. The lowest BCUT2D eigenvalue weighted by Gasteiger charge is -2.08. The zero-order valence-electron chi connectivity index (χ0n) is 14.6. The second-order valence-electron chi connectivity index (χ2n) is 6.07. The number of nitrogens with zero attached hydrogens (tertiary/aromatic N) is 5. The molecule has 0 aliphatic rings. The molecule has 0 saturated heterocycles. The van der Waals surface area contributed by atoms with Crippen LogP contribution in [0.5, 0.6) is 0 Å². The number of aromatic nitrogens is 5. The Morgan fingerprint density at radius 1 is 1.07 bits per heavy atom. The van der Waals surface area contributed by atoms with E-state index in [1.165, 1.54) is 15.7 Å². The highest BCUT2D eigenvalue weighted by atomic mass is 79.9. The minimum absolute atomic E-state index is 0.156. The number of aryl methyl sites for hydroxylation is 1. The predicted octanol–water partition coefficient (Wildman–Crippen LogP) is 2.77. The van der Waals surface area contributed by atoms with E-state index in [1.807, 2.05) is 18.2 Å². The Morgan fingerprint density at radius 3 is 2.57 bits per heavy atom. The van der Waals surface area contributed by atoms with Crippen LogP contribution in [0, 0.1) is 0 Å². The van der Waals surface area contributed by atoms with Crippen LogP contribution in [0.3, 0.4) is 0 Å². The van der Waals surface area contributed by atoms with E-state index in [-0.39, 0.29) is 24.4 Å². The number of hydrogen-bond acceptors (Lipinski definition) is 5. The van der Waals surface area contributed by atoms with Gasteiger partial charge < -0.3 is 5.32 Å². The topological polar surface area (TPSA) is 94.7 Å². The molecule has 28 heavy (non-hydrogen) atoms. The fraction of sp³-hybridized carbons (Fsp3) is 0.105. The second kappa shape index (κ2) is 7.73. The molecule has 2 aromatic heterocycles. The summed E-state index contributed by atoms with van der Waals surface area (Å²) < 4.78 is 2.25. The molecule has 140 valence electrons. The third-order valence-corrected chi connectivity index (χ3v) is 4.66. The maximum absolute atomic E-state index is 12.6. The summed E-state index contributed by atoms with van der Waals surface area (Å²) in [5.74, 6) is -0.189. The SMILES string of the molecule is O=C(CCn1cnc2ccc(Br)cc2c1=O)Nc1ccc(-n2nccn2)cc1. The summed E-state index contributed by atoms with van der Waals surface area (Å²) in [7, 11) is 0. The third kappa shape index (κ3) is 3.84. The van der Waals surface area contributed by atoms with E-state index < -0.39 is 0 Å². The number of amides is 1. The van der Waals surface area contributed by atoms with Gasteiger partial charge in [0.2, 0.25) is 5.91 Å². The standard InChI is InChI=1S/C19H15BrN6O2/c20-13-1-6-17-16(11-13)19(28)25(12-21-17)10-7-18(27)24-14-2-4-15(5-3-14)26-22-8-9-23-26/h1-6,8-9,11-12H,7,10H2,(H,24,27). The first-order valence-electron chi connectivity index (χ1n) is 8.51. The first kappa shape index (κ1) is 18.1. The van der Waals surface area contributed by atoms with E-state index in [9.17, 15) is 9.59 Å². The molecular formula is C19H15BrN6O2. The van der Waals surface area contributed by atoms with Crippen LogP contribution < -0.4 is 10.9 Å². The highest BCUT2D eigenvalue weighted by molar-refractivity contribution is 9.10. The zero-order valence-corrected chi connectivity index (χ0v) is 16.2. The van der Waals surface area contributed by atoms with E-state index >= 15 is 0 Å². The summed E-state index contributed by atoms with van der Waals surface area (Å²) in [6.07, 6.45) is 4.82. The van der Waals surface area contributed by atoms with E-state index in [0.29, 0.717) is 16.6 Å². The van der Waals surface area contributed by atoms with Crippen LogP contribution in [0.2, 0.25) is 0 Å². The van der Waals surface area contributed by atoms with Crippen molar-refractivity contribution in [3.05, 3.63) is 76.0 Å². The van der Waals surface area contributed by atoms with Crippen molar-refractivity contribution in [2.24, 2.45) is 0 Å². The van der Waals surface area contributed by atoms with Crippen LogP contribution in [-0.2, 0) is 11.3 Å². The minimum Gasteiger partial charge on any atom is -0.326 e. The van der Waals surface area contributed by atoms with Gasteiger partial charge in [0.15, 0.2) is 0 Å². The Bertz CT molecular complexity index is 1190. The molecular weight excluding hydrogens is 424 g/mol. The number of benzene rings is 2. The number of hydrogen-bond donors (Lipinski definition) is 1. The highest BCUT2D eigenvalue weighted by Gasteiger charge is 2.08. The van der Waals surface area contributed by atoms with E-state index in [4.69, 9.17) is 0 Å². The summed E-state index contributed by atoms with van der Waals surface area (Å²) in [6, 6.07) is 12.5. The Labute approximate surface area is 168 Å². The monoisotopic (exact) mass is 438 g/mol. The average molecular weight is 439 g/mol. The number of fused-ring (bicyclic) bond motifs is 1. The van der Waals surface area contributed by atoms with Crippen LogP contribution >= 0.6 is 15.9 Å². The van der Waals surface area contributed by atoms with Crippen LogP contribution in [0.15, 0.2) is 70.5 Å². The van der Waals surface area contributed by atoms with Crippen molar-refractivity contribution in [3.63, 3.8) is 0 Å². The predicted molar refractivity (Wildman–Crippen MR) is 108 cm³/mol. The molecule has 0 fully saturated rings. The lowest BCUT2D eigenvalue weighted by atomic mass is 10.2. The molecule has 2 aromatic carbocycles. The van der Waals surface area contributed by atoms with Crippen molar-refractivity contribution in [1.29, 1.82) is 0 Å². The molecule has 9 heteroatoms. The third-order valence-electron chi connectivity index (χ3n) is 4.17. The normalized spacial score (nSPS) is 10.9. The van der Waals surface area contributed by atoms with E-state index in [2.05, 4.69) is 36.4 Å². The zero-order chi connectivity index (χ0) is 19.5. The minimum atomic E-state index is -0.189. The van der Waals surface area contributed by atoms with Gasteiger partial charge in [-0.05, 0) is 42.5 Å². The molecule has 0 bridgehead atoms. The first-order valence-corrected chi connectivity index (χ1v) is 9.31. The van der Waals surface area contributed by atoms with Crippen molar-refractivity contribution in [1.82, 2.24) is 24.5 Å². The van der Waals surface area contributed by atoms with Gasteiger partial charge in [0, 0.05) is 23.1 Å². The van der Waals surface area contributed by atoms with Gasteiger partial charge in [-0.2, -0.15) is 15.0 Å². The van der Waals surface area contributed by atoms with Crippen molar-refractivity contribution < 1.29 is 4.79 Å². The molecule has 0 radical (unpaired) electrons. The van der Waals surface area contributed by atoms with Crippen LogP contribution in [0.4, 0.5) is 5.69 Å². The smallest absolute Gasteiger partial charge is 0.261 e. The van der Waals surface area contributed by atoms with Gasteiger partial charge in [-0.3, -0.25) is 14.2 Å². The maximum Gasteiger partial charge on any atom is 0.261 e. The highest BCUT2D eigenvalue weighted by Crippen LogP contribution is 2.15. The lowest BCUT2D eigenvalue weighted by molar-refractivity contribution is -0.116. The number of carbonyl (C=O) groups excluding carboxylic acids is 1. The molecule has 1 amide bonds. The number of anilines is 1. The van der Waals surface area contributed by atoms with Crippen molar-refractivity contribution in [2.45, 2.75) is 13.0 Å². The van der Waals surface area contributed by atoms with Gasteiger partial charge >= 0.3 is 0 Å². The molecule has 0 spiro atoms. The molecule has 4 aromatic rings. The van der Waals surface area contributed by atoms with Crippen LogP contribution in [0.25, 0.3) is 16.6 Å². The number of rotatable bonds is 5. The van der Waals surface area contributed by atoms with E-state index in [0.717, 1.165) is 10.2 Å². The van der Waals surface area contributed by atoms with E-state index in [1.54, 1.807) is 36.7 Å². The molecule has 1 N–H and O–H groups in total. The van der Waals surface area contributed by atoms with Gasteiger partial charge in [0.05, 0.1) is 35.3 Å². The van der Waals surface area contributed by atoms with Crippen LogP contribution in [-0.4, -0.2) is 30.5 Å². The molecule has 0 aliphatic carbocycles. The maximum atomic E-state index is 12.6. The average Bonchev–Trinajstić information content (AvgIpc) is 3.23. The van der Waals surface area contributed by atoms with Gasteiger partial charge in [0.1, 0.15) is 0 Å². The quantitative estimate of drug-likeness (QED) is 0.516. The van der Waals surface area contributed by atoms with Gasteiger partial charge in [-0.1, -0.05) is 15.9 Å². The Kier molecular flexibility index (Phi) is 4.98. The summed E-state index contributed by atoms with van der Waals surface area (Å²) >= 11 is 3.36. The first-order chi connectivity index (χ1) is 13.6. The fourth-order valence-corrected chi connectivity index (χ4v) is 3.12.